The zero-order chi connectivity index (χ0) is 17.5. The van der Waals surface area contributed by atoms with Crippen LogP contribution in [0.1, 0.15) is 71.6 Å². The molecule has 0 amide bonds. The highest BCUT2D eigenvalue weighted by Gasteiger charge is 2.26. The Labute approximate surface area is 140 Å². The molecule has 1 atom stereocenters. The number of aliphatic carboxylic acids is 1. The highest BCUT2D eigenvalue weighted by Crippen LogP contribution is 2.12. The molecular weight excluding hydrogens is 296 g/mol. The van der Waals surface area contributed by atoms with Gasteiger partial charge in [0.25, 0.3) is 0 Å². The lowest BCUT2D eigenvalue weighted by Crippen LogP contribution is -2.18. The van der Waals surface area contributed by atoms with E-state index in [0.717, 1.165) is 12.8 Å². The molecule has 1 fully saturated rings. The lowest BCUT2D eigenvalue weighted by Gasteiger charge is -2.07. The van der Waals surface area contributed by atoms with Gasteiger partial charge in [0.15, 0.2) is 6.10 Å². The van der Waals surface area contributed by atoms with E-state index < -0.39 is 5.97 Å². The van der Waals surface area contributed by atoms with Crippen molar-refractivity contribution in [2.75, 3.05) is 13.2 Å². The third-order valence-electron chi connectivity index (χ3n) is 3.57. The van der Waals surface area contributed by atoms with E-state index in [9.17, 15) is 9.59 Å². The molecule has 134 valence electrons. The van der Waals surface area contributed by atoms with Crippen molar-refractivity contribution < 1.29 is 24.2 Å². The predicted molar refractivity (Wildman–Crippen MR) is 90.4 cm³/mol. The Bertz CT molecular complexity index is 339. The molecule has 1 aliphatic rings. The van der Waals surface area contributed by atoms with Crippen LogP contribution in [0.2, 0.25) is 0 Å². The second-order valence-electron chi connectivity index (χ2n) is 5.88. The number of hydrogen-bond acceptors (Lipinski definition) is 4. The van der Waals surface area contributed by atoms with Crippen LogP contribution < -0.4 is 0 Å². The van der Waals surface area contributed by atoms with Crippen LogP contribution in [0.25, 0.3) is 0 Å². The summed E-state index contributed by atoms with van der Waals surface area (Å²) in [4.78, 5) is 20.7. The van der Waals surface area contributed by atoms with Crippen molar-refractivity contribution in [1.29, 1.82) is 0 Å². The van der Waals surface area contributed by atoms with Gasteiger partial charge in [-0.3, -0.25) is 0 Å². The number of carbonyl (C=O) groups excluding carboxylic acids is 1. The number of ether oxygens (including phenoxy) is 2. The number of carboxylic acids is 1. The van der Waals surface area contributed by atoms with Gasteiger partial charge in [0.1, 0.15) is 0 Å². The molecule has 23 heavy (non-hydrogen) atoms. The van der Waals surface area contributed by atoms with Crippen molar-refractivity contribution in [2.45, 2.75) is 77.7 Å². The molecule has 0 aromatic rings. The first-order chi connectivity index (χ1) is 11.0. The van der Waals surface area contributed by atoms with E-state index in [1.165, 1.54) is 51.9 Å². The Balaban J connectivity index is 0.000000688. The first-order valence-electron chi connectivity index (χ1n) is 8.66. The van der Waals surface area contributed by atoms with Gasteiger partial charge in [0.05, 0.1) is 6.61 Å². The summed E-state index contributed by atoms with van der Waals surface area (Å²) in [5, 5.41) is 7.89. The van der Waals surface area contributed by atoms with Crippen molar-refractivity contribution in [1.82, 2.24) is 0 Å². The fourth-order valence-corrected chi connectivity index (χ4v) is 2.09. The fourth-order valence-electron chi connectivity index (χ4n) is 2.09. The first kappa shape index (κ1) is 21.6. The van der Waals surface area contributed by atoms with Gasteiger partial charge in [-0.2, -0.15) is 0 Å². The van der Waals surface area contributed by atoms with Gasteiger partial charge in [-0.15, -0.1) is 0 Å². The van der Waals surface area contributed by atoms with Gasteiger partial charge in [0, 0.05) is 18.6 Å². The van der Waals surface area contributed by atoms with Gasteiger partial charge in [0.2, 0.25) is 0 Å². The predicted octanol–water partition coefficient (Wildman–Crippen LogP) is 4.11. The summed E-state index contributed by atoms with van der Waals surface area (Å²) in [5.74, 6) is -1.11. The Morgan fingerprint density at radius 3 is 2.17 bits per heavy atom. The molecule has 5 heteroatoms. The summed E-state index contributed by atoms with van der Waals surface area (Å²) < 4.78 is 10.3. The average molecular weight is 328 g/mol. The average Bonchev–Trinajstić information content (AvgIpc) is 2.91. The molecule has 1 saturated heterocycles. The molecule has 0 radical (unpaired) electrons. The molecule has 1 unspecified atom stereocenters. The summed E-state index contributed by atoms with van der Waals surface area (Å²) in [6, 6.07) is 0. The molecule has 0 aromatic heterocycles. The number of carboxylic acid groups (broad SMARTS) is 1. The second kappa shape index (κ2) is 14.2. The van der Waals surface area contributed by atoms with Crippen LogP contribution in [-0.2, 0) is 19.1 Å². The lowest BCUT2D eigenvalue weighted by atomic mass is 10.1. The van der Waals surface area contributed by atoms with E-state index in [1.807, 2.05) is 0 Å². The minimum atomic E-state index is -0.935. The van der Waals surface area contributed by atoms with Crippen molar-refractivity contribution in [3.63, 3.8) is 0 Å². The SMILES string of the molecule is C=C(C)C(=O)O.CCCCCCCCCCOC1CCOC1=O. The van der Waals surface area contributed by atoms with Crippen molar-refractivity contribution in [2.24, 2.45) is 0 Å². The number of unbranched alkanes of at least 4 members (excludes halogenated alkanes) is 7. The summed E-state index contributed by atoms with van der Waals surface area (Å²) in [6.45, 7) is 8.08. The molecule has 0 bridgehead atoms. The monoisotopic (exact) mass is 328 g/mol. The molecule has 0 aliphatic carbocycles. The topological polar surface area (TPSA) is 72.8 Å². The third-order valence-corrected chi connectivity index (χ3v) is 3.57. The zero-order valence-corrected chi connectivity index (χ0v) is 14.6. The highest BCUT2D eigenvalue weighted by atomic mass is 16.6. The largest absolute Gasteiger partial charge is 0.478 e. The number of carbonyl (C=O) groups is 2. The van der Waals surface area contributed by atoms with Gasteiger partial charge < -0.3 is 14.6 Å². The van der Waals surface area contributed by atoms with E-state index in [2.05, 4.69) is 13.5 Å². The summed E-state index contributed by atoms with van der Waals surface area (Å²) in [7, 11) is 0. The third kappa shape index (κ3) is 12.8. The minimum absolute atomic E-state index is 0.176. The smallest absolute Gasteiger partial charge is 0.335 e. The van der Waals surface area contributed by atoms with Gasteiger partial charge in [-0.1, -0.05) is 58.4 Å². The van der Waals surface area contributed by atoms with Crippen LogP contribution >= 0.6 is 0 Å². The van der Waals surface area contributed by atoms with Crippen LogP contribution in [0.5, 0.6) is 0 Å². The van der Waals surface area contributed by atoms with Crippen molar-refractivity contribution >= 4 is 11.9 Å². The molecule has 1 aliphatic heterocycles. The number of cyclic esters (lactones) is 1. The Hall–Kier alpha value is -1.36. The highest BCUT2D eigenvalue weighted by molar-refractivity contribution is 5.84. The normalized spacial score (nSPS) is 16.4. The fraction of sp³-hybridized carbons (Fsp3) is 0.778. The molecule has 1 heterocycles. The van der Waals surface area contributed by atoms with Gasteiger partial charge in [-0.05, 0) is 13.3 Å². The molecule has 5 nitrogen and oxygen atoms in total. The Kier molecular flexibility index (Phi) is 13.4. The first-order valence-corrected chi connectivity index (χ1v) is 8.66. The van der Waals surface area contributed by atoms with Crippen molar-refractivity contribution in [3.8, 4) is 0 Å². The van der Waals surface area contributed by atoms with Crippen LogP contribution in [0.4, 0.5) is 0 Å². The minimum Gasteiger partial charge on any atom is -0.478 e. The van der Waals surface area contributed by atoms with Gasteiger partial charge >= 0.3 is 11.9 Å². The molecule has 0 saturated carbocycles. The molecule has 1 rings (SSSR count). The van der Waals surface area contributed by atoms with E-state index in [1.54, 1.807) is 0 Å². The maximum atomic E-state index is 11.1. The van der Waals surface area contributed by atoms with Crippen LogP contribution in [0, 0.1) is 0 Å². The van der Waals surface area contributed by atoms with E-state index in [-0.39, 0.29) is 17.6 Å². The Morgan fingerprint density at radius 2 is 1.74 bits per heavy atom. The Morgan fingerprint density at radius 1 is 1.22 bits per heavy atom. The number of rotatable bonds is 11. The maximum absolute atomic E-state index is 11.1. The van der Waals surface area contributed by atoms with Gasteiger partial charge in [-0.25, -0.2) is 9.59 Å². The summed E-state index contributed by atoms with van der Waals surface area (Å²) >= 11 is 0. The van der Waals surface area contributed by atoms with Crippen LogP contribution in [-0.4, -0.2) is 36.4 Å². The van der Waals surface area contributed by atoms with E-state index in [4.69, 9.17) is 14.6 Å². The lowest BCUT2D eigenvalue weighted by molar-refractivity contribution is -0.147. The molecular formula is C18H32O5. The molecule has 0 aromatic carbocycles. The second-order valence-corrected chi connectivity index (χ2v) is 5.88. The van der Waals surface area contributed by atoms with E-state index >= 15 is 0 Å². The van der Waals surface area contributed by atoms with Crippen LogP contribution in [0.15, 0.2) is 12.2 Å². The van der Waals surface area contributed by atoms with Crippen molar-refractivity contribution in [3.05, 3.63) is 12.2 Å². The quantitative estimate of drug-likeness (QED) is 0.351. The number of hydrogen-bond donors (Lipinski definition) is 1. The standard InChI is InChI=1S/C14H26O3.C4H6O2/c1-2-3-4-5-6-7-8-9-11-16-13-10-12-17-14(13)15;1-3(2)4(5)6/h13H,2-12H2,1H3;1H2,2H3,(H,5,6). The molecule has 0 spiro atoms. The summed E-state index contributed by atoms with van der Waals surface area (Å²) in [6.07, 6.45) is 10.8. The van der Waals surface area contributed by atoms with E-state index in [0.29, 0.717) is 13.2 Å². The zero-order valence-electron chi connectivity index (χ0n) is 14.6. The molecule has 1 N–H and O–H groups in total. The summed E-state index contributed by atoms with van der Waals surface area (Å²) in [5.41, 5.74) is 0.176. The van der Waals surface area contributed by atoms with Crippen LogP contribution in [0.3, 0.4) is 0 Å². The number of esters is 1. The maximum Gasteiger partial charge on any atom is 0.335 e.